The second-order valence-electron chi connectivity index (χ2n) is 7.80. The maximum atomic E-state index is 13.3. The summed E-state index contributed by atoms with van der Waals surface area (Å²) in [5.74, 6) is 0.799. The fourth-order valence-electron chi connectivity index (χ4n) is 4.47. The Morgan fingerprint density at radius 3 is 2.83 bits per heavy atom. The monoisotopic (exact) mass is 408 g/mol. The van der Waals surface area contributed by atoms with Crippen molar-refractivity contribution in [1.82, 2.24) is 19.3 Å². The van der Waals surface area contributed by atoms with Gasteiger partial charge in [0.2, 0.25) is 15.7 Å². The van der Waals surface area contributed by atoms with Crippen molar-refractivity contribution in [2.24, 2.45) is 5.41 Å². The van der Waals surface area contributed by atoms with Crippen molar-refractivity contribution in [3.05, 3.63) is 54.3 Å². The van der Waals surface area contributed by atoms with E-state index in [1.54, 1.807) is 22.5 Å². The molecule has 1 saturated heterocycles. The van der Waals surface area contributed by atoms with Gasteiger partial charge in [0.05, 0.1) is 22.9 Å². The Morgan fingerprint density at radius 2 is 2.07 bits per heavy atom. The summed E-state index contributed by atoms with van der Waals surface area (Å²) in [4.78, 5) is 17.4. The van der Waals surface area contributed by atoms with Crippen LogP contribution in [0.2, 0.25) is 0 Å². The highest BCUT2D eigenvalue weighted by Crippen LogP contribution is 2.56. The third kappa shape index (κ3) is 2.71. The van der Waals surface area contributed by atoms with Crippen LogP contribution in [0.15, 0.2) is 47.8 Å². The van der Waals surface area contributed by atoms with Crippen LogP contribution in [0.4, 0.5) is 11.5 Å². The van der Waals surface area contributed by atoms with Crippen LogP contribution < -0.4 is 4.90 Å². The second kappa shape index (κ2) is 6.27. The van der Waals surface area contributed by atoms with Gasteiger partial charge in [-0.25, -0.2) is 23.2 Å². The van der Waals surface area contributed by atoms with Crippen molar-refractivity contribution in [2.45, 2.75) is 23.8 Å². The fourth-order valence-corrected chi connectivity index (χ4v) is 6.14. The number of aromatic nitrogens is 3. The largest absolute Gasteiger partial charge is 0.354 e. The zero-order chi connectivity index (χ0) is 20.2. The van der Waals surface area contributed by atoms with Crippen molar-refractivity contribution < 1.29 is 8.42 Å². The summed E-state index contributed by atoms with van der Waals surface area (Å²) in [5.41, 5.74) is 0.863. The molecule has 2 aliphatic rings. The predicted octanol–water partition coefficient (Wildman–Crippen LogP) is 2.80. The summed E-state index contributed by atoms with van der Waals surface area (Å²) in [6.07, 6.45) is 5.33. The molecule has 1 aliphatic carbocycles. The summed E-state index contributed by atoms with van der Waals surface area (Å²) in [6, 6.07) is 8.38. The molecule has 1 saturated carbocycles. The second-order valence-corrected chi connectivity index (χ2v) is 9.71. The molecule has 1 aromatic carbocycles. The van der Waals surface area contributed by atoms with Crippen molar-refractivity contribution in [3.8, 4) is 0 Å². The van der Waals surface area contributed by atoms with Gasteiger partial charge >= 0.3 is 0 Å². The normalized spacial score (nSPS) is 20.8. The molecule has 29 heavy (non-hydrogen) atoms. The standard InChI is InChI=1S/C20H20N6O2S/c1-21-15-5-3-4-6-16(15)29(27,28)26-11-17(20(12-26)8-9-20)25(2)19-14-7-10-22-18(14)23-13-24-19/h3-7,10,13,17H,8-9,11-12H2,2H3,(H,22,23,24)/t17-/m0/s1. The molecule has 2 aromatic heterocycles. The highest BCUT2D eigenvalue weighted by atomic mass is 32.2. The number of hydrogen-bond acceptors (Lipinski definition) is 5. The highest BCUT2D eigenvalue weighted by molar-refractivity contribution is 7.89. The molecule has 1 spiro atoms. The van der Waals surface area contributed by atoms with Gasteiger partial charge in [0.25, 0.3) is 0 Å². The van der Waals surface area contributed by atoms with E-state index in [-0.39, 0.29) is 22.0 Å². The van der Waals surface area contributed by atoms with Gasteiger partial charge in [-0.05, 0) is 18.9 Å². The number of sulfonamides is 1. The Labute approximate surface area is 169 Å². The van der Waals surface area contributed by atoms with Crippen LogP contribution in [0, 0.1) is 12.0 Å². The Hall–Kier alpha value is -2.96. The number of benzene rings is 1. The highest BCUT2D eigenvalue weighted by Gasteiger charge is 2.59. The maximum Gasteiger partial charge on any atom is 0.233 e. The summed E-state index contributed by atoms with van der Waals surface area (Å²) in [5, 5.41) is 0.922. The molecule has 8 nitrogen and oxygen atoms in total. The van der Waals surface area contributed by atoms with E-state index in [0.29, 0.717) is 13.1 Å². The van der Waals surface area contributed by atoms with E-state index in [2.05, 4.69) is 24.7 Å². The summed E-state index contributed by atoms with van der Waals surface area (Å²) >= 11 is 0. The molecule has 3 heterocycles. The van der Waals surface area contributed by atoms with Gasteiger partial charge in [-0.15, -0.1) is 0 Å². The first-order chi connectivity index (χ1) is 14.0. The first-order valence-corrected chi connectivity index (χ1v) is 10.9. The first-order valence-electron chi connectivity index (χ1n) is 9.44. The van der Waals surface area contributed by atoms with E-state index in [4.69, 9.17) is 6.57 Å². The van der Waals surface area contributed by atoms with Gasteiger partial charge in [0, 0.05) is 31.7 Å². The Balaban J connectivity index is 1.50. The minimum Gasteiger partial charge on any atom is -0.354 e. The number of likely N-dealkylation sites (N-methyl/N-ethyl adjacent to an activating group) is 1. The number of rotatable bonds is 4. The molecule has 5 rings (SSSR count). The average Bonchev–Trinajstić information content (AvgIpc) is 3.16. The lowest BCUT2D eigenvalue weighted by Crippen LogP contribution is -2.40. The predicted molar refractivity (Wildman–Crippen MR) is 109 cm³/mol. The van der Waals surface area contributed by atoms with E-state index < -0.39 is 10.0 Å². The zero-order valence-corrected chi connectivity index (χ0v) is 16.7. The van der Waals surface area contributed by atoms with Crippen molar-refractivity contribution in [1.29, 1.82) is 0 Å². The third-order valence-corrected chi connectivity index (χ3v) is 8.06. The molecule has 0 amide bonds. The van der Waals surface area contributed by atoms with Crippen LogP contribution >= 0.6 is 0 Å². The minimum atomic E-state index is -3.74. The van der Waals surface area contributed by atoms with Crippen LogP contribution in [-0.2, 0) is 10.0 Å². The topological polar surface area (TPSA) is 86.6 Å². The van der Waals surface area contributed by atoms with E-state index in [0.717, 1.165) is 29.7 Å². The van der Waals surface area contributed by atoms with Crippen molar-refractivity contribution in [2.75, 3.05) is 25.0 Å². The van der Waals surface area contributed by atoms with E-state index in [1.807, 2.05) is 19.3 Å². The van der Waals surface area contributed by atoms with E-state index in [9.17, 15) is 8.42 Å². The van der Waals surface area contributed by atoms with Crippen LogP contribution in [0.3, 0.4) is 0 Å². The maximum absolute atomic E-state index is 13.3. The van der Waals surface area contributed by atoms with Crippen LogP contribution in [-0.4, -0.2) is 53.9 Å². The Kier molecular flexibility index (Phi) is 3.91. The molecule has 9 heteroatoms. The Morgan fingerprint density at radius 1 is 1.28 bits per heavy atom. The van der Waals surface area contributed by atoms with Crippen molar-refractivity contribution in [3.63, 3.8) is 0 Å². The quantitative estimate of drug-likeness (QED) is 0.671. The number of nitrogens with one attached hydrogen (secondary N) is 1. The number of anilines is 1. The van der Waals surface area contributed by atoms with Gasteiger partial charge in [-0.3, -0.25) is 0 Å². The fraction of sp³-hybridized carbons (Fsp3) is 0.350. The molecule has 1 aliphatic heterocycles. The van der Waals surface area contributed by atoms with Crippen LogP contribution in [0.1, 0.15) is 12.8 Å². The lowest BCUT2D eigenvalue weighted by atomic mass is 9.99. The van der Waals surface area contributed by atoms with Crippen LogP contribution in [0.5, 0.6) is 0 Å². The average molecular weight is 408 g/mol. The molecular weight excluding hydrogens is 388 g/mol. The molecule has 1 N–H and O–H groups in total. The molecule has 1 atom stereocenters. The Bertz CT molecular complexity index is 1240. The number of nitrogens with zero attached hydrogens (tertiary/aromatic N) is 5. The van der Waals surface area contributed by atoms with E-state index >= 15 is 0 Å². The summed E-state index contributed by atoms with van der Waals surface area (Å²) < 4.78 is 28.2. The van der Waals surface area contributed by atoms with Crippen molar-refractivity contribution >= 4 is 32.6 Å². The summed E-state index contributed by atoms with van der Waals surface area (Å²) in [7, 11) is -1.76. The minimum absolute atomic E-state index is 0.0189. The molecule has 0 unspecified atom stereocenters. The lowest BCUT2D eigenvalue weighted by Gasteiger charge is -2.30. The molecule has 3 aromatic rings. The van der Waals surface area contributed by atoms with Gasteiger partial charge in [-0.2, -0.15) is 4.31 Å². The first kappa shape index (κ1) is 18.1. The van der Waals surface area contributed by atoms with Gasteiger partial charge in [-0.1, -0.05) is 24.3 Å². The molecule has 0 radical (unpaired) electrons. The number of H-pyrrole nitrogens is 1. The smallest absolute Gasteiger partial charge is 0.233 e. The molecular formula is C20H20N6O2S. The lowest BCUT2D eigenvalue weighted by molar-refractivity contribution is 0.446. The molecule has 0 bridgehead atoms. The zero-order valence-electron chi connectivity index (χ0n) is 15.9. The van der Waals surface area contributed by atoms with Gasteiger partial charge in [0.1, 0.15) is 17.8 Å². The molecule has 2 fully saturated rings. The SMILES string of the molecule is [C-]#[N+]c1ccccc1S(=O)(=O)N1C[C@H](N(C)c2ncnc3[nH]ccc23)C2(CC2)C1. The number of fused-ring (bicyclic) bond motifs is 1. The van der Waals surface area contributed by atoms with Gasteiger partial charge in [0.15, 0.2) is 0 Å². The molecule has 148 valence electrons. The van der Waals surface area contributed by atoms with E-state index in [1.165, 1.54) is 12.4 Å². The van der Waals surface area contributed by atoms with Crippen LogP contribution in [0.25, 0.3) is 15.9 Å². The number of aromatic amines is 1. The number of para-hydroxylation sites is 1. The number of hydrogen-bond donors (Lipinski definition) is 1. The summed E-state index contributed by atoms with van der Waals surface area (Å²) in [6.45, 7) is 8.17. The van der Waals surface area contributed by atoms with Gasteiger partial charge < -0.3 is 9.88 Å². The third-order valence-electron chi connectivity index (χ3n) is 6.20.